The summed E-state index contributed by atoms with van der Waals surface area (Å²) < 4.78 is 0. The van der Waals surface area contributed by atoms with E-state index in [0.29, 0.717) is 12.0 Å². The highest BCUT2D eigenvalue weighted by Crippen LogP contribution is 2.06. The molecule has 0 spiro atoms. The van der Waals surface area contributed by atoms with E-state index in [1.165, 1.54) is 6.42 Å². The average molecular weight is 228 g/mol. The van der Waals surface area contributed by atoms with Crippen LogP contribution < -0.4 is 16.6 Å². The molecule has 4 nitrogen and oxygen atoms in total. The van der Waals surface area contributed by atoms with E-state index in [1.807, 2.05) is 0 Å². The SMILES string of the molecule is CCCCN=C(NN)NC(C)CCC(C)C. The fourth-order valence-electron chi connectivity index (χ4n) is 1.37. The Balaban J connectivity index is 3.86. The summed E-state index contributed by atoms with van der Waals surface area (Å²) in [4.78, 5) is 4.37. The summed E-state index contributed by atoms with van der Waals surface area (Å²) in [5.41, 5.74) is 2.62. The van der Waals surface area contributed by atoms with Gasteiger partial charge in [-0.1, -0.05) is 27.2 Å². The number of guanidine groups is 1. The van der Waals surface area contributed by atoms with E-state index < -0.39 is 0 Å². The number of hydrazine groups is 1. The number of unbranched alkanes of at least 4 members (excludes halogenated alkanes) is 1. The van der Waals surface area contributed by atoms with Crippen molar-refractivity contribution in [2.24, 2.45) is 16.8 Å². The molecule has 0 radical (unpaired) electrons. The van der Waals surface area contributed by atoms with E-state index >= 15 is 0 Å². The monoisotopic (exact) mass is 228 g/mol. The van der Waals surface area contributed by atoms with E-state index in [4.69, 9.17) is 5.84 Å². The van der Waals surface area contributed by atoms with Crippen molar-refractivity contribution < 1.29 is 0 Å². The molecular weight excluding hydrogens is 200 g/mol. The summed E-state index contributed by atoms with van der Waals surface area (Å²) in [6.45, 7) is 9.63. The predicted molar refractivity (Wildman–Crippen MR) is 71.2 cm³/mol. The average Bonchev–Trinajstić information content (AvgIpc) is 2.25. The van der Waals surface area contributed by atoms with Crippen LogP contribution >= 0.6 is 0 Å². The highest BCUT2D eigenvalue weighted by molar-refractivity contribution is 5.79. The lowest BCUT2D eigenvalue weighted by Gasteiger charge is -2.17. The van der Waals surface area contributed by atoms with Gasteiger partial charge in [-0.25, -0.2) is 5.84 Å². The molecule has 0 aromatic carbocycles. The molecule has 0 aromatic rings. The van der Waals surface area contributed by atoms with Crippen LogP contribution in [0.1, 0.15) is 53.4 Å². The topological polar surface area (TPSA) is 62.4 Å². The Kier molecular flexibility index (Phi) is 9.00. The van der Waals surface area contributed by atoms with Crippen LogP contribution in [-0.4, -0.2) is 18.5 Å². The molecule has 0 saturated carbocycles. The maximum Gasteiger partial charge on any atom is 0.205 e. The second-order valence-electron chi connectivity index (χ2n) is 4.74. The van der Waals surface area contributed by atoms with Crippen LogP contribution in [0.2, 0.25) is 0 Å². The summed E-state index contributed by atoms with van der Waals surface area (Å²) in [5, 5.41) is 3.29. The number of nitrogens with one attached hydrogen (secondary N) is 2. The van der Waals surface area contributed by atoms with Crippen molar-refractivity contribution in [1.29, 1.82) is 0 Å². The van der Waals surface area contributed by atoms with Gasteiger partial charge in [-0.05, 0) is 32.1 Å². The van der Waals surface area contributed by atoms with Gasteiger partial charge in [0.2, 0.25) is 5.96 Å². The molecule has 1 atom stereocenters. The van der Waals surface area contributed by atoms with Crippen molar-refractivity contribution >= 4 is 5.96 Å². The third kappa shape index (κ3) is 8.53. The molecular formula is C12H28N4. The first-order chi connectivity index (χ1) is 7.60. The first kappa shape index (κ1) is 15.2. The Bertz CT molecular complexity index is 189. The Morgan fingerprint density at radius 2 is 1.94 bits per heavy atom. The number of rotatable bonds is 7. The molecule has 4 heteroatoms. The van der Waals surface area contributed by atoms with Gasteiger partial charge in [-0.2, -0.15) is 0 Å². The van der Waals surface area contributed by atoms with Gasteiger partial charge >= 0.3 is 0 Å². The molecule has 16 heavy (non-hydrogen) atoms. The normalized spacial score (nSPS) is 14.0. The van der Waals surface area contributed by atoms with Crippen molar-refractivity contribution in [1.82, 2.24) is 10.7 Å². The van der Waals surface area contributed by atoms with Crippen LogP contribution in [-0.2, 0) is 0 Å². The molecule has 0 aliphatic rings. The minimum absolute atomic E-state index is 0.416. The lowest BCUT2D eigenvalue weighted by atomic mass is 10.0. The van der Waals surface area contributed by atoms with E-state index in [9.17, 15) is 0 Å². The van der Waals surface area contributed by atoms with Crippen molar-refractivity contribution in [3.05, 3.63) is 0 Å². The molecule has 0 saturated heterocycles. The van der Waals surface area contributed by atoms with Crippen LogP contribution in [0, 0.1) is 5.92 Å². The van der Waals surface area contributed by atoms with Crippen LogP contribution in [0.15, 0.2) is 4.99 Å². The number of aliphatic imine (C=N–C) groups is 1. The standard InChI is InChI=1S/C12H28N4/c1-5-6-9-14-12(16-13)15-11(4)8-7-10(2)3/h10-11H,5-9,13H2,1-4H3,(H2,14,15,16). The molecule has 0 amide bonds. The van der Waals surface area contributed by atoms with Crippen LogP contribution in [0.4, 0.5) is 0 Å². The van der Waals surface area contributed by atoms with Gasteiger partial charge in [-0.3, -0.25) is 10.4 Å². The Morgan fingerprint density at radius 3 is 2.44 bits per heavy atom. The molecule has 0 aliphatic heterocycles. The van der Waals surface area contributed by atoms with Gasteiger partial charge in [0.1, 0.15) is 0 Å². The molecule has 0 fully saturated rings. The second-order valence-corrected chi connectivity index (χ2v) is 4.74. The molecule has 1 unspecified atom stereocenters. The number of nitrogens with zero attached hydrogens (tertiary/aromatic N) is 1. The van der Waals surface area contributed by atoms with Crippen molar-refractivity contribution in [3.63, 3.8) is 0 Å². The van der Waals surface area contributed by atoms with E-state index in [2.05, 4.69) is 43.4 Å². The van der Waals surface area contributed by atoms with Crippen molar-refractivity contribution in [2.75, 3.05) is 6.54 Å². The minimum Gasteiger partial charge on any atom is -0.353 e. The van der Waals surface area contributed by atoms with Crippen LogP contribution in [0.25, 0.3) is 0 Å². The quantitative estimate of drug-likeness (QED) is 0.205. The van der Waals surface area contributed by atoms with Gasteiger partial charge in [0.25, 0.3) is 0 Å². The van der Waals surface area contributed by atoms with E-state index in [0.717, 1.165) is 31.7 Å². The molecule has 0 bridgehead atoms. The summed E-state index contributed by atoms with van der Waals surface area (Å²) in [6, 6.07) is 0.416. The third-order valence-corrected chi connectivity index (χ3v) is 2.48. The smallest absolute Gasteiger partial charge is 0.205 e. The zero-order valence-corrected chi connectivity index (χ0v) is 11.2. The predicted octanol–water partition coefficient (Wildman–Crippen LogP) is 2.02. The van der Waals surface area contributed by atoms with Crippen molar-refractivity contribution in [3.8, 4) is 0 Å². The maximum absolute atomic E-state index is 5.42. The number of nitrogens with two attached hydrogens (primary N) is 1. The first-order valence-electron chi connectivity index (χ1n) is 6.37. The third-order valence-electron chi connectivity index (χ3n) is 2.48. The Labute approximate surface area is 100 Å². The number of hydrogen-bond donors (Lipinski definition) is 3. The van der Waals surface area contributed by atoms with Gasteiger partial charge < -0.3 is 5.32 Å². The molecule has 0 rings (SSSR count). The minimum atomic E-state index is 0.416. The highest BCUT2D eigenvalue weighted by Gasteiger charge is 2.05. The Morgan fingerprint density at radius 1 is 1.25 bits per heavy atom. The number of hydrogen-bond acceptors (Lipinski definition) is 2. The van der Waals surface area contributed by atoms with Crippen LogP contribution in [0.3, 0.4) is 0 Å². The van der Waals surface area contributed by atoms with Gasteiger partial charge in [0.15, 0.2) is 0 Å². The highest BCUT2D eigenvalue weighted by atomic mass is 15.3. The largest absolute Gasteiger partial charge is 0.353 e. The maximum atomic E-state index is 5.42. The summed E-state index contributed by atoms with van der Waals surface area (Å²) >= 11 is 0. The van der Waals surface area contributed by atoms with Gasteiger partial charge in [-0.15, -0.1) is 0 Å². The zero-order valence-electron chi connectivity index (χ0n) is 11.2. The molecule has 0 aromatic heterocycles. The van der Waals surface area contributed by atoms with Gasteiger partial charge in [0.05, 0.1) is 0 Å². The van der Waals surface area contributed by atoms with Gasteiger partial charge in [0, 0.05) is 12.6 Å². The summed E-state index contributed by atoms with van der Waals surface area (Å²) in [5.74, 6) is 6.87. The lowest BCUT2D eigenvalue weighted by molar-refractivity contribution is 0.489. The molecule has 96 valence electrons. The summed E-state index contributed by atoms with van der Waals surface area (Å²) in [7, 11) is 0. The molecule has 0 aliphatic carbocycles. The second kappa shape index (κ2) is 9.46. The Hall–Kier alpha value is -0.770. The van der Waals surface area contributed by atoms with Crippen molar-refractivity contribution in [2.45, 2.75) is 59.4 Å². The van der Waals surface area contributed by atoms with Crippen LogP contribution in [0.5, 0.6) is 0 Å². The fraction of sp³-hybridized carbons (Fsp3) is 0.917. The van der Waals surface area contributed by atoms with E-state index in [-0.39, 0.29) is 0 Å². The zero-order chi connectivity index (χ0) is 12.4. The van der Waals surface area contributed by atoms with E-state index in [1.54, 1.807) is 0 Å². The first-order valence-corrected chi connectivity index (χ1v) is 6.37. The summed E-state index contributed by atoms with van der Waals surface area (Å²) in [6.07, 6.45) is 4.63. The molecule has 0 heterocycles. The molecule has 4 N–H and O–H groups in total. The lowest BCUT2D eigenvalue weighted by Crippen LogP contribution is -2.45. The fourth-order valence-corrected chi connectivity index (χ4v) is 1.37.